The molecule has 4 atom stereocenters. The molecule has 4 aliphatic heterocycles. The maximum Gasteiger partial charge on any atom is 0.271 e. The van der Waals surface area contributed by atoms with E-state index in [0.717, 1.165) is 16.9 Å². The van der Waals surface area contributed by atoms with Gasteiger partial charge in [0.2, 0.25) is 11.8 Å². The standard InChI is InChI=1S/C23H19ClN4O5/c1-11-8-14-19(15(24)9-11)25-22(31)23(14)18-17(16-6-3-7-26(16)23)20(29)27(21(18)30)12-4-2-5-13(10-12)28(32)33/h2,4-5,8-10,16-18H,3,6-7H2,1H3,(H,25,31)/t16-,17+,18-,23+/m0/s1. The van der Waals surface area contributed by atoms with Crippen molar-refractivity contribution in [2.24, 2.45) is 11.8 Å². The monoisotopic (exact) mass is 466 g/mol. The van der Waals surface area contributed by atoms with Crippen LogP contribution in [0.2, 0.25) is 5.02 Å². The lowest BCUT2D eigenvalue weighted by molar-refractivity contribution is -0.384. The molecule has 2 aromatic carbocycles. The van der Waals surface area contributed by atoms with Crippen LogP contribution in [0.3, 0.4) is 0 Å². The van der Waals surface area contributed by atoms with Gasteiger partial charge in [-0.2, -0.15) is 0 Å². The van der Waals surface area contributed by atoms with Crippen LogP contribution in [-0.4, -0.2) is 40.1 Å². The Morgan fingerprint density at radius 3 is 2.73 bits per heavy atom. The van der Waals surface area contributed by atoms with Crippen LogP contribution in [-0.2, 0) is 19.9 Å². The van der Waals surface area contributed by atoms with Gasteiger partial charge in [0.25, 0.3) is 11.6 Å². The van der Waals surface area contributed by atoms with Gasteiger partial charge in [0.05, 0.1) is 33.2 Å². The van der Waals surface area contributed by atoms with E-state index in [4.69, 9.17) is 11.6 Å². The molecule has 1 N–H and O–H groups in total. The van der Waals surface area contributed by atoms with Gasteiger partial charge in [-0.05, 0) is 44.0 Å². The van der Waals surface area contributed by atoms with E-state index in [1.807, 2.05) is 17.9 Å². The number of non-ortho nitro benzene ring substituents is 1. The molecule has 3 saturated heterocycles. The zero-order chi connectivity index (χ0) is 23.2. The number of nitro groups is 1. The van der Waals surface area contributed by atoms with Crippen molar-refractivity contribution in [3.05, 3.63) is 62.7 Å². The first-order valence-electron chi connectivity index (χ1n) is 10.8. The third kappa shape index (κ3) is 2.38. The molecule has 1 spiro atoms. The highest BCUT2D eigenvalue weighted by atomic mass is 35.5. The highest BCUT2D eigenvalue weighted by Gasteiger charge is 2.74. The molecule has 33 heavy (non-hydrogen) atoms. The molecule has 9 nitrogen and oxygen atoms in total. The second-order valence-electron chi connectivity index (χ2n) is 9.09. The Kier molecular flexibility index (Phi) is 4.07. The predicted molar refractivity (Wildman–Crippen MR) is 119 cm³/mol. The molecule has 0 saturated carbocycles. The number of carbonyl (C=O) groups is 3. The van der Waals surface area contributed by atoms with Crippen LogP contribution >= 0.6 is 11.6 Å². The number of rotatable bonds is 2. The summed E-state index contributed by atoms with van der Waals surface area (Å²) in [6, 6.07) is 8.83. The van der Waals surface area contributed by atoms with Gasteiger partial charge in [-0.15, -0.1) is 0 Å². The molecule has 6 rings (SSSR count). The van der Waals surface area contributed by atoms with E-state index in [1.165, 1.54) is 24.3 Å². The average molecular weight is 467 g/mol. The number of amides is 3. The number of hydrogen-bond acceptors (Lipinski definition) is 6. The van der Waals surface area contributed by atoms with Crippen molar-refractivity contribution < 1.29 is 19.3 Å². The summed E-state index contributed by atoms with van der Waals surface area (Å²) >= 11 is 6.47. The molecule has 168 valence electrons. The molecule has 0 aliphatic carbocycles. The number of benzene rings is 2. The molecule has 3 amide bonds. The van der Waals surface area contributed by atoms with E-state index in [9.17, 15) is 24.5 Å². The zero-order valence-corrected chi connectivity index (χ0v) is 18.3. The summed E-state index contributed by atoms with van der Waals surface area (Å²) < 4.78 is 0. The van der Waals surface area contributed by atoms with Crippen molar-refractivity contribution in [2.45, 2.75) is 31.3 Å². The molecule has 0 unspecified atom stereocenters. The molecule has 0 aromatic heterocycles. The van der Waals surface area contributed by atoms with Gasteiger partial charge >= 0.3 is 0 Å². The minimum absolute atomic E-state index is 0.147. The zero-order valence-electron chi connectivity index (χ0n) is 17.6. The number of aryl methyl sites for hydroxylation is 1. The maximum absolute atomic E-state index is 13.9. The Morgan fingerprint density at radius 2 is 1.97 bits per heavy atom. The topological polar surface area (TPSA) is 113 Å². The Balaban J connectivity index is 1.55. The molecular weight excluding hydrogens is 448 g/mol. The molecule has 10 heteroatoms. The first-order chi connectivity index (χ1) is 15.8. The Labute approximate surface area is 193 Å². The normalized spacial score (nSPS) is 30.1. The van der Waals surface area contributed by atoms with Gasteiger partial charge in [-0.1, -0.05) is 23.7 Å². The van der Waals surface area contributed by atoms with Gasteiger partial charge < -0.3 is 5.32 Å². The fourth-order valence-corrected chi connectivity index (χ4v) is 6.72. The van der Waals surface area contributed by atoms with E-state index in [-0.39, 0.29) is 23.3 Å². The van der Waals surface area contributed by atoms with E-state index >= 15 is 0 Å². The Bertz CT molecular complexity index is 1300. The molecule has 4 aliphatic rings. The molecule has 2 aromatic rings. The van der Waals surface area contributed by atoms with Crippen LogP contribution < -0.4 is 10.2 Å². The number of nitrogens with zero attached hydrogens (tertiary/aromatic N) is 3. The van der Waals surface area contributed by atoms with Crippen LogP contribution in [0.25, 0.3) is 0 Å². The van der Waals surface area contributed by atoms with Crippen molar-refractivity contribution in [2.75, 3.05) is 16.8 Å². The van der Waals surface area contributed by atoms with Gasteiger partial charge in [0, 0.05) is 23.7 Å². The molecule has 0 bridgehead atoms. The van der Waals surface area contributed by atoms with Gasteiger partial charge in [-0.25, -0.2) is 4.90 Å². The summed E-state index contributed by atoms with van der Waals surface area (Å²) in [5.74, 6) is -2.94. The summed E-state index contributed by atoms with van der Waals surface area (Å²) in [4.78, 5) is 55.0. The first kappa shape index (κ1) is 20.3. The third-order valence-corrected chi connectivity index (χ3v) is 7.79. The smallest absolute Gasteiger partial charge is 0.271 e. The fourth-order valence-electron chi connectivity index (χ4n) is 6.40. The molecule has 3 fully saturated rings. The molecular formula is C23H19ClN4O5. The van der Waals surface area contributed by atoms with Gasteiger partial charge in [-0.3, -0.25) is 29.4 Å². The number of hydrogen-bond donors (Lipinski definition) is 1. The number of imide groups is 1. The maximum atomic E-state index is 13.9. The van der Waals surface area contributed by atoms with Crippen LogP contribution in [0.5, 0.6) is 0 Å². The van der Waals surface area contributed by atoms with E-state index in [1.54, 1.807) is 6.07 Å². The number of halogens is 1. The SMILES string of the molecule is Cc1cc(Cl)c2c(c1)[C@]1(C(=O)N2)[C@@H]2C(=O)N(c3cccc([N+](=O)[O-])c3)C(=O)[C@@H]2[C@@H]2CCCN21. The summed E-state index contributed by atoms with van der Waals surface area (Å²) in [5, 5.41) is 14.5. The van der Waals surface area contributed by atoms with Crippen molar-refractivity contribution >= 4 is 46.4 Å². The quantitative estimate of drug-likeness (QED) is 0.413. The van der Waals surface area contributed by atoms with Gasteiger partial charge in [0.15, 0.2) is 0 Å². The van der Waals surface area contributed by atoms with E-state index < -0.39 is 34.1 Å². The van der Waals surface area contributed by atoms with Crippen molar-refractivity contribution in [3.8, 4) is 0 Å². The van der Waals surface area contributed by atoms with Gasteiger partial charge in [0.1, 0.15) is 5.54 Å². The van der Waals surface area contributed by atoms with Crippen LogP contribution in [0.4, 0.5) is 17.1 Å². The first-order valence-corrected chi connectivity index (χ1v) is 11.2. The van der Waals surface area contributed by atoms with E-state index in [0.29, 0.717) is 29.2 Å². The second kappa shape index (κ2) is 6.61. The largest absolute Gasteiger partial charge is 0.323 e. The second-order valence-corrected chi connectivity index (χ2v) is 9.49. The minimum Gasteiger partial charge on any atom is -0.323 e. The molecule has 0 radical (unpaired) electrons. The Hall–Kier alpha value is -3.30. The van der Waals surface area contributed by atoms with Crippen LogP contribution in [0.15, 0.2) is 36.4 Å². The van der Waals surface area contributed by atoms with Crippen molar-refractivity contribution in [3.63, 3.8) is 0 Å². The molecule has 4 heterocycles. The number of nitrogens with one attached hydrogen (secondary N) is 1. The summed E-state index contributed by atoms with van der Waals surface area (Å²) in [5.41, 5.74) is 0.551. The lowest BCUT2D eigenvalue weighted by Gasteiger charge is -2.36. The summed E-state index contributed by atoms with van der Waals surface area (Å²) in [7, 11) is 0. The van der Waals surface area contributed by atoms with Crippen LogP contribution in [0, 0.1) is 28.9 Å². The minimum atomic E-state index is -1.33. The predicted octanol–water partition coefficient (Wildman–Crippen LogP) is 2.99. The summed E-state index contributed by atoms with van der Waals surface area (Å²) in [6.07, 6.45) is 1.49. The highest BCUT2D eigenvalue weighted by molar-refractivity contribution is 6.35. The lowest BCUT2D eigenvalue weighted by Crippen LogP contribution is -2.54. The van der Waals surface area contributed by atoms with Crippen LogP contribution in [0.1, 0.15) is 24.0 Å². The lowest BCUT2D eigenvalue weighted by atomic mass is 9.75. The summed E-state index contributed by atoms with van der Waals surface area (Å²) in [6.45, 7) is 2.46. The highest BCUT2D eigenvalue weighted by Crippen LogP contribution is 2.61. The number of nitro benzene ring substituents is 1. The average Bonchev–Trinajstić information content (AvgIpc) is 3.47. The van der Waals surface area contributed by atoms with E-state index in [2.05, 4.69) is 5.32 Å². The van der Waals surface area contributed by atoms with Crippen molar-refractivity contribution in [1.29, 1.82) is 0 Å². The number of carbonyl (C=O) groups excluding carboxylic acids is 3. The number of fused-ring (bicyclic) bond motifs is 7. The third-order valence-electron chi connectivity index (χ3n) is 7.50. The van der Waals surface area contributed by atoms with Crippen molar-refractivity contribution in [1.82, 2.24) is 4.90 Å². The number of anilines is 2. The fraction of sp³-hybridized carbons (Fsp3) is 0.348. The Morgan fingerprint density at radius 1 is 1.18 bits per heavy atom.